The summed E-state index contributed by atoms with van der Waals surface area (Å²) < 4.78 is 5.46. The van der Waals surface area contributed by atoms with Crippen molar-refractivity contribution < 1.29 is 4.74 Å². The maximum Gasteiger partial charge on any atom is 0.171 e. The molecule has 0 unspecified atom stereocenters. The predicted octanol–water partition coefficient (Wildman–Crippen LogP) is 3.08. The van der Waals surface area contributed by atoms with E-state index in [1.54, 1.807) is 0 Å². The van der Waals surface area contributed by atoms with Crippen LogP contribution in [-0.4, -0.2) is 11.6 Å². The summed E-state index contributed by atoms with van der Waals surface area (Å²) in [5.41, 5.74) is 0.905. The van der Waals surface area contributed by atoms with Crippen LogP contribution in [-0.2, 0) is 0 Å². The second-order valence-electron chi connectivity index (χ2n) is 3.45. The van der Waals surface area contributed by atoms with Crippen LogP contribution in [0.25, 0.3) is 0 Å². The number of hydrogen-bond acceptors (Lipinski definition) is 2. The minimum absolute atomic E-state index is 0.445. The Bertz CT molecular complexity index is 286. The van der Waals surface area contributed by atoms with Gasteiger partial charge in [-0.2, -0.15) is 0 Å². The van der Waals surface area contributed by atoms with Gasteiger partial charge in [-0.1, -0.05) is 25.4 Å². The van der Waals surface area contributed by atoms with Crippen LogP contribution in [0, 0.1) is 12.8 Å². The molecule has 0 fully saturated rings. The van der Waals surface area contributed by atoms with Crippen molar-refractivity contribution in [2.45, 2.75) is 20.8 Å². The van der Waals surface area contributed by atoms with Crippen molar-refractivity contribution in [1.29, 1.82) is 0 Å². The molecule has 0 spiro atoms. The molecule has 1 rings (SSSR count). The van der Waals surface area contributed by atoms with Crippen molar-refractivity contribution in [1.82, 2.24) is 4.98 Å². The first-order valence-corrected chi connectivity index (χ1v) is 4.73. The maximum atomic E-state index is 5.88. The molecule has 0 saturated heterocycles. The highest BCUT2D eigenvalue weighted by Gasteiger charge is 2.03. The molecule has 0 radical (unpaired) electrons. The van der Waals surface area contributed by atoms with Crippen LogP contribution in [0.2, 0.25) is 5.15 Å². The third-order valence-corrected chi connectivity index (χ3v) is 1.80. The molecule has 0 amide bonds. The van der Waals surface area contributed by atoms with Gasteiger partial charge in [0.15, 0.2) is 10.9 Å². The quantitative estimate of drug-likeness (QED) is 0.698. The Labute approximate surface area is 83.9 Å². The first-order chi connectivity index (χ1) is 6.09. The molecule has 0 bridgehead atoms. The Morgan fingerprint density at radius 1 is 1.46 bits per heavy atom. The number of hydrogen-bond donors (Lipinski definition) is 0. The molecule has 0 aromatic carbocycles. The van der Waals surface area contributed by atoms with Crippen molar-refractivity contribution in [3.8, 4) is 5.75 Å². The van der Waals surface area contributed by atoms with Crippen LogP contribution in [0.15, 0.2) is 12.1 Å². The third kappa shape index (κ3) is 3.23. The van der Waals surface area contributed by atoms with Crippen LogP contribution in [0.4, 0.5) is 0 Å². The van der Waals surface area contributed by atoms with E-state index in [0.29, 0.717) is 23.4 Å². The number of halogens is 1. The third-order valence-electron chi connectivity index (χ3n) is 1.53. The van der Waals surface area contributed by atoms with Crippen LogP contribution in [0.5, 0.6) is 5.75 Å². The van der Waals surface area contributed by atoms with Gasteiger partial charge in [0.05, 0.1) is 6.61 Å². The average Bonchev–Trinajstić information content (AvgIpc) is 2.02. The molecule has 0 aliphatic rings. The van der Waals surface area contributed by atoms with Gasteiger partial charge in [0, 0.05) is 5.69 Å². The largest absolute Gasteiger partial charge is 0.490 e. The summed E-state index contributed by atoms with van der Waals surface area (Å²) in [6.45, 7) is 6.76. The monoisotopic (exact) mass is 199 g/mol. The van der Waals surface area contributed by atoms with Gasteiger partial charge in [0.25, 0.3) is 0 Å². The molecule has 0 aliphatic heterocycles. The molecule has 0 aliphatic carbocycles. The lowest BCUT2D eigenvalue weighted by molar-refractivity contribution is 0.270. The van der Waals surface area contributed by atoms with E-state index in [-0.39, 0.29) is 0 Å². The Hall–Kier alpha value is -0.760. The molecule has 1 aromatic rings. The zero-order chi connectivity index (χ0) is 9.84. The number of ether oxygens (including phenoxy) is 1. The Morgan fingerprint density at radius 2 is 2.15 bits per heavy atom. The van der Waals surface area contributed by atoms with Gasteiger partial charge in [0.2, 0.25) is 0 Å². The maximum absolute atomic E-state index is 5.88. The van der Waals surface area contributed by atoms with Gasteiger partial charge in [-0.3, -0.25) is 0 Å². The summed E-state index contributed by atoms with van der Waals surface area (Å²) in [5, 5.41) is 0.445. The second kappa shape index (κ2) is 4.47. The van der Waals surface area contributed by atoms with E-state index in [9.17, 15) is 0 Å². The lowest BCUT2D eigenvalue weighted by Gasteiger charge is -2.09. The van der Waals surface area contributed by atoms with Gasteiger partial charge in [0.1, 0.15) is 0 Å². The van der Waals surface area contributed by atoms with Gasteiger partial charge >= 0.3 is 0 Å². The highest BCUT2D eigenvalue weighted by molar-refractivity contribution is 6.30. The van der Waals surface area contributed by atoms with E-state index < -0.39 is 0 Å². The molecule has 2 nitrogen and oxygen atoms in total. The van der Waals surface area contributed by atoms with E-state index in [4.69, 9.17) is 16.3 Å². The normalized spacial score (nSPS) is 10.5. The predicted molar refractivity (Wildman–Crippen MR) is 54.3 cm³/mol. The Balaban J connectivity index is 2.67. The second-order valence-corrected chi connectivity index (χ2v) is 3.80. The number of rotatable bonds is 3. The van der Waals surface area contributed by atoms with Crippen molar-refractivity contribution >= 4 is 11.6 Å². The van der Waals surface area contributed by atoms with E-state index in [2.05, 4.69) is 18.8 Å². The summed E-state index contributed by atoms with van der Waals surface area (Å²) in [5.74, 6) is 1.17. The smallest absolute Gasteiger partial charge is 0.171 e. The zero-order valence-electron chi connectivity index (χ0n) is 8.17. The molecule has 1 aromatic heterocycles. The number of nitrogens with zero attached hydrogens (tertiary/aromatic N) is 1. The first-order valence-electron chi connectivity index (χ1n) is 4.35. The first kappa shape index (κ1) is 10.3. The average molecular weight is 200 g/mol. The minimum Gasteiger partial charge on any atom is -0.490 e. The summed E-state index contributed by atoms with van der Waals surface area (Å²) in [4.78, 5) is 4.09. The van der Waals surface area contributed by atoms with Gasteiger partial charge in [-0.25, -0.2) is 4.98 Å². The Kier molecular flexibility index (Phi) is 3.55. The lowest BCUT2D eigenvalue weighted by atomic mass is 10.2. The molecule has 72 valence electrons. The highest BCUT2D eigenvalue weighted by atomic mass is 35.5. The van der Waals surface area contributed by atoms with Gasteiger partial charge in [-0.15, -0.1) is 0 Å². The topological polar surface area (TPSA) is 22.1 Å². The van der Waals surface area contributed by atoms with Crippen LogP contribution in [0.3, 0.4) is 0 Å². The molecule has 0 N–H and O–H groups in total. The molecule has 1 heterocycles. The lowest BCUT2D eigenvalue weighted by Crippen LogP contribution is -2.05. The van der Waals surface area contributed by atoms with Gasteiger partial charge in [-0.05, 0) is 25.0 Å². The van der Waals surface area contributed by atoms with Crippen molar-refractivity contribution in [2.24, 2.45) is 5.92 Å². The van der Waals surface area contributed by atoms with Crippen molar-refractivity contribution in [2.75, 3.05) is 6.61 Å². The molecule has 0 atom stereocenters. The summed E-state index contributed by atoms with van der Waals surface area (Å²) >= 11 is 5.88. The molecule has 3 heteroatoms. The summed E-state index contributed by atoms with van der Waals surface area (Å²) in [6.07, 6.45) is 0. The minimum atomic E-state index is 0.445. The molecular weight excluding hydrogens is 186 g/mol. The Morgan fingerprint density at radius 3 is 2.69 bits per heavy atom. The summed E-state index contributed by atoms with van der Waals surface area (Å²) in [6, 6.07) is 3.74. The van der Waals surface area contributed by atoms with E-state index >= 15 is 0 Å². The molecule has 0 saturated carbocycles. The fourth-order valence-corrected chi connectivity index (χ4v) is 1.13. The number of aromatic nitrogens is 1. The molecule has 13 heavy (non-hydrogen) atoms. The number of pyridine rings is 1. The highest BCUT2D eigenvalue weighted by Crippen LogP contribution is 2.22. The van der Waals surface area contributed by atoms with Crippen LogP contribution >= 0.6 is 11.6 Å². The summed E-state index contributed by atoms with van der Waals surface area (Å²) in [7, 11) is 0. The van der Waals surface area contributed by atoms with E-state index in [1.807, 2.05) is 19.1 Å². The fourth-order valence-electron chi connectivity index (χ4n) is 0.876. The van der Waals surface area contributed by atoms with E-state index in [1.165, 1.54) is 0 Å². The number of aryl methyl sites for hydroxylation is 1. The standard InChI is InChI=1S/C10H14ClNO/c1-7(2)6-13-9-5-4-8(3)12-10(9)11/h4-5,7H,6H2,1-3H3. The van der Waals surface area contributed by atoms with Crippen LogP contribution < -0.4 is 4.74 Å². The SMILES string of the molecule is Cc1ccc(OCC(C)C)c(Cl)n1. The van der Waals surface area contributed by atoms with Crippen molar-refractivity contribution in [3.05, 3.63) is 23.0 Å². The molecular formula is C10H14ClNO. The van der Waals surface area contributed by atoms with Crippen LogP contribution in [0.1, 0.15) is 19.5 Å². The van der Waals surface area contributed by atoms with Gasteiger partial charge < -0.3 is 4.74 Å². The fraction of sp³-hybridized carbons (Fsp3) is 0.500. The van der Waals surface area contributed by atoms with E-state index in [0.717, 1.165) is 5.69 Å². The van der Waals surface area contributed by atoms with Crippen molar-refractivity contribution in [3.63, 3.8) is 0 Å². The zero-order valence-corrected chi connectivity index (χ0v) is 8.93.